The smallest absolute Gasteiger partial charge is 0.330 e. The molecule has 0 fully saturated rings. The number of esters is 1. The number of aromatic hydroxyl groups is 2. The van der Waals surface area contributed by atoms with E-state index in [4.69, 9.17) is 9.47 Å². The predicted octanol–water partition coefficient (Wildman–Crippen LogP) is 6.66. The van der Waals surface area contributed by atoms with Crippen LogP contribution in [0.1, 0.15) is 18.1 Å². The van der Waals surface area contributed by atoms with E-state index in [-0.39, 0.29) is 17.5 Å². The number of hydrogen-bond donors (Lipinski definition) is 2. The van der Waals surface area contributed by atoms with Gasteiger partial charge in [0.2, 0.25) is 0 Å². The van der Waals surface area contributed by atoms with Crippen molar-refractivity contribution in [1.82, 2.24) is 0 Å². The van der Waals surface area contributed by atoms with Crippen LogP contribution in [0.15, 0.2) is 66.7 Å². The van der Waals surface area contributed by atoms with Crippen molar-refractivity contribution in [2.24, 2.45) is 0 Å². The summed E-state index contributed by atoms with van der Waals surface area (Å²) in [5, 5.41) is 20.5. The van der Waals surface area contributed by atoms with E-state index < -0.39 is 0 Å². The van der Waals surface area contributed by atoms with Crippen LogP contribution in [0.25, 0.3) is 26.6 Å². The minimum atomic E-state index is -0.378. The Labute approximate surface area is 189 Å². The molecule has 0 saturated carbocycles. The van der Waals surface area contributed by atoms with Crippen LogP contribution in [0.4, 0.5) is 0 Å². The number of carbonyl (C=O) groups is 1. The standard InChI is InChI=1S/C26H22O5S/c1-3-30-24(29)13-5-17-4-12-22(16(2)14-17)31-25-21-11-10-20(28)15-23(21)32-26(25)18-6-8-19(27)9-7-18/h4-15,27-28H,3H2,1-2H3. The number of rotatable bonds is 6. The van der Waals surface area contributed by atoms with E-state index >= 15 is 0 Å². The third-order valence-electron chi connectivity index (χ3n) is 4.87. The number of benzene rings is 3. The number of phenolic OH excluding ortho intramolecular Hbond substituents is 2. The third kappa shape index (κ3) is 4.60. The van der Waals surface area contributed by atoms with Crippen molar-refractivity contribution >= 4 is 33.5 Å². The molecule has 3 aromatic carbocycles. The third-order valence-corrected chi connectivity index (χ3v) is 6.05. The lowest BCUT2D eigenvalue weighted by Crippen LogP contribution is -1.98. The molecule has 0 radical (unpaired) electrons. The normalized spacial score (nSPS) is 11.2. The van der Waals surface area contributed by atoms with Crippen molar-refractivity contribution in [3.63, 3.8) is 0 Å². The first-order valence-corrected chi connectivity index (χ1v) is 10.9. The number of carbonyl (C=O) groups excluding carboxylic acids is 1. The lowest BCUT2D eigenvalue weighted by molar-refractivity contribution is -0.137. The Morgan fingerprint density at radius 2 is 1.75 bits per heavy atom. The topological polar surface area (TPSA) is 76.0 Å². The maximum Gasteiger partial charge on any atom is 0.330 e. The summed E-state index contributed by atoms with van der Waals surface area (Å²) in [4.78, 5) is 12.5. The molecule has 0 spiro atoms. The van der Waals surface area contributed by atoms with Crippen molar-refractivity contribution in [3.8, 4) is 33.4 Å². The molecule has 162 valence electrons. The van der Waals surface area contributed by atoms with Gasteiger partial charge >= 0.3 is 5.97 Å². The summed E-state index contributed by atoms with van der Waals surface area (Å²) in [7, 11) is 0. The summed E-state index contributed by atoms with van der Waals surface area (Å²) >= 11 is 1.51. The van der Waals surface area contributed by atoms with Crippen LogP contribution in [0.2, 0.25) is 0 Å². The summed E-state index contributed by atoms with van der Waals surface area (Å²) in [5.41, 5.74) is 2.68. The van der Waals surface area contributed by atoms with Crippen molar-refractivity contribution in [1.29, 1.82) is 0 Å². The Bertz CT molecular complexity index is 1300. The number of hydrogen-bond acceptors (Lipinski definition) is 6. The maximum atomic E-state index is 11.6. The molecule has 1 heterocycles. The predicted molar refractivity (Wildman–Crippen MR) is 128 cm³/mol. The van der Waals surface area contributed by atoms with E-state index in [1.165, 1.54) is 17.4 Å². The second-order valence-electron chi connectivity index (χ2n) is 7.20. The van der Waals surface area contributed by atoms with Gasteiger partial charge in [-0.3, -0.25) is 0 Å². The molecule has 6 heteroatoms. The molecule has 0 amide bonds. The lowest BCUT2D eigenvalue weighted by Gasteiger charge is -2.11. The largest absolute Gasteiger partial charge is 0.508 e. The minimum Gasteiger partial charge on any atom is -0.508 e. The van der Waals surface area contributed by atoms with Gasteiger partial charge in [-0.05, 0) is 91.2 Å². The molecule has 4 aromatic rings. The number of thiophene rings is 1. The van der Waals surface area contributed by atoms with Crippen molar-refractivity contribution in [2.45, 2.75) is 13.8 Å². The first-order valence-electron chi connectivity index (χ1n) is 10.1. The minimum absolute atomic E-state index is 0.191. The van der Waals surface area contributed by atoms with Gasteiger partial charge in [-0.2, -0.15) is 0 Å². The van der Waals surface area contributed by atoms with Gasteiger partial charge in [0, 0.05) is 16.2 Å². The van der Waals surface area contributed by atoms with Crippen LogP contribution < -0.4 is 4.74 Å². The van der Waals surface area contributed by atoms with Gasteiger partial charge in [0.25, 0.3) is 0 Å². The summed E-state index contributed by atoms with van der Waals surface area (Å²) in [5.74, 6) is 1.38. The van der Waals surface area contributed by atoms with Crippen molar-refractivity contribution in [2.75, 3.05) is 6.61 Å². The van der Waals surface area contributed by atoms with Gasteiger partial charge in [0.1, 0.15) is 17.2 Å². The highest BCUT2D eigenvalue weighted by Gasteiger charge is 2.17. The summed E-state index contributed by atoms with van der Waals surface area (Å²) in [6.45, 7) is 4.05. The lowest BCUT2D eigenvalue weighted by atomic mass is 10.1. The average Bonchev–Trinajstić information content (AvgIpc) is 3.12. The van der Waals surface area contributed by atoms with Gasteiger partial charge < -0.3 is 19.7 Å². The molecule has 2 N–H and O–H groups in total. The number of aryl methyl sites for hydroxylation is 1. The van der Waals surface area contributed by atoms with Crippen LogP contribution in [0.5, 0.6) is 23.0 Å². The number of ether oxygens (including phenoxy) is 2. The quantitative estimate of drug-likeness (QED) is 0.256. The van der Waals surface area contributed by atoms with E-state index in [0.717, 1.165) is 31.7 Å². The molecule has 0 bridgehead atoms. The molecule has 0 unspecified atom stereocenters. The molecular weight excluding hydrogens is 424 g/mol. The van der Waals surface area contributed by atoms with Crippen molar-refractivity contribution in [3.05, 3.63) is 77.9 Å². The summed E-state index contributed by atoms with van der Waals surface area (Å²) < 4.78 is 12.2. The molecule has 5 nitrogen and oxygen atoms in total. The van der Waals surface area contributed by atoms with Gasteiger partial charge in [0.05, 0.1) is 11.5 Å². The number of phenols is 2. The molecule has 4 rings (SSSR count). The zero-order valence-corrected chi connectivity index (χ0v) is 18.5. The van der Waals surface area contributed by atoms with E-state index in [1.807, 2.05) is 43.3 Å². The van der Waals surface area contributed by atoms with E-state index in [2.05, 4.69) is 0 Å². The molecular formula is C26H22O5S. The Balaban J connectivity index is 1.71. The molecule has 0 saturated heterocycles. The van der Waals surface area contributed by atoms with Crippen LogP contribution in [0, 0.1) is 6.92 Å². The highest BCUT2D eigenvalue weighted by atomic mass is 32.1. The van der Waals surface area contributed by atoms with Crippen molar-refractivity contribution < 1.29 is 24.5 Å². The first-order chi connectivity index (χ1) is 15.4. The highest BCUT2D eigenvalue weighted by molar-refractivity contribution is 7.22. The Hall–Kier alpha value is -3.77. The maximum absolute atomic E-state index is 11.6. The Kier molecular flexibility index (Phi) is 6.14. The number of fused-ring (bicyclic) bond motifs is 1. The second kappa shape index (κ2) is 9.16. The molecule has 32 heavy (non-hydrogen) atoms. The van der Waals surface area contributed by atoms with E-state index in [0.29, 0.717) is 18.1 Å². The SMILES string of the molecule is CCOC(=O)C=Cc1ccc(Oc2c(-c3ccc(O)cc3)sc3cc(O)ccc23)c(C)c1. The van der Waals surface area contributed by atoms with Gasteiger partial charge in [-0.25, -0.2) is 4.79 Å². The molecule has 0 atom stereocenters. The van der Waals surface area contributed by atoms with Gasteiger partial charge in [0.15, 0.2) is 5.75 Å². The van der Waals surface area contributed by atoms with Crippen LogP contribution in [0.3, 0.4) is 0 Å². The fraction of sp³-hybridized carbons (Fsp3) is 0.115. The highest BCUT2D eigenvalue weighted by Crippen LogP contribution is 2.47. The van der Waals surface area contributed by atoms with Crippen LogP contribution in [-0.4, -0.2) is 22.8 Å². The molecule has 0 aliphatic carbocycles. The fourth-order valence-electron chi connectivity index (χ4n) is 3.32. The van der Waals surface area contributed by atoms with E-state index in [9.17, 15) is 15.0 Å². The average molecular weight is 447 g/mol. The van der Waals surface area contributed by atoms with E-state index in [1.54, 1.807) is 37.3 Å². The monoisotopic (exact) mass is 446 g/mol. The zero-order valence-electron chi connectivity index (χ0n) is 17.7. The Morgan fingerprint density at radius 1 is 1.00 bits per heavy atom. The zero-order chi connectivity index (χ0) is 22.7. The fourth-order valence-corrected chi connectivity index (χ4v) is 4.49. The second-order valence-corrected chi connectivity index (χ2v) is 8.25. The van der Waals surface area contributed by atoms with Gasteiger partial charge in [-0.1, -0.05) is 6.07 Å². The summed E-state index contributed by atoms with van der Waals surface area (Å²) in [6, 6.07) is 17.8. The van der Waals surface area contributed by atoms with Crippen LogP contribution >= 0.6 is 11.3 Å². The van der Waals surface area contributed by atoms with Crippen LogP contribution in [-0.2, 0) is 9.53 Å². The molecule has 0 aliphatic heterocycles. The van der Waals surface area contributed by atoms with Gasteiger partial charge in [-0.15, -0.1) is 11.3 Å². The summed E-state index contributed by atoms with van der Waals surface area (Å²) in [6.07, 6.45) is 3.11. The molecule has 0 aliphatic rings. The Morgan fingerprint density at radius 3 is 2.47 bits per heavy atom. The molecule has 1 aromatic heterocycles. The first kappa shape index (κ1) is 21.5.